The van der Waals surface area contributed by atoms with Gasteiger partial charge in [0.2, 0.25) is 5.91 Å². The van der Waals surface area contributed by atoms with Crippen molar-refractivity contribution in [3.05, 3.63) is 64.3 Å². The van der Waals surface area contributed by atoms with E-state index < -0.39 is 23.3 Å². The second-order valence-electron chi connectivity index (χ2n) is 9.96. The molecule has 1 aliphatic rings. The molecular formula is C27H30ClF3N6O. The van der Waals surface area contributed by atoms with E-state index in [4.69, 9.17) is 16.6 Å². The molecule has 0 spiro atoms. The van der Waals surface area contributed by atoms with Crippen molar-refractivity contribution in [1.82, 2.24) is 24.8 Å². The summed E-state index contributed by atoms with van der Waals surface area (Å²) in [5.74, 6) is 0.208. The van der Waals surface area contributed by atoms with E-state index in [-0.39, 0.29) is 16.5 Å². The Kier molecular flexibility index (Phi) is 7.92. The van der Waals surface area contributed by atoms with Crippen LogP contribution in [0.4, 0.5) is 19.0 Å². The SMILES string of the molecule is CCCN(C[C@@]1(C)CCc2cc(-c3ncccn3)c(C)nc2N1)C(=O)[C@@H](C)c1cc(C(F)(F)F)ncc1Cl. The Balaban J connectivity index is 1.56. The molecule has 0 unspecified atom stereocenters. The van der Waals surface area contributed by atoms with E-state index >= 15 is 0 Å². The van der Waals surface area contributed by atoms with Crippen molar-refractivity contribution in [3.63, 3.8) is 0 Å². The number of fused-ring (bicyclic) bond motifs is 1. The van der Waals surface area contributed by atoms with Gasteiger partial charge in [-0.3, -0.25) is 9.78 Å². The number of carbonyl (C=O) groups is 1. The molecule has 4 heterocycles. The van der Waals surface area contributed by atoms with Crippen LogP contribution in [-0.2, 0) is 17.4 Å². The number of carbonyl (C=O) groups excluding carboxylic acids is 1. The number of pyridine rings is 2. The minimum Gasteiger partial charge on any atom is -0.363 e. The molecule has 0 bridgehead atoms. The number of amides is 1. The molecule has 7 nitrogen and oxygen atoms in total. The van der Waals surface area contributed by atoms with Crippen LogP contribution in [-0.4, -0.2) is 49.4 Å². The van der Waals surface area contributed by atoms with Gasteiger partial charge in [-0.05, 0) is 69.4 Å². The molecule has 1 amide bonds. The van der Waals surface area contributed by atoms with Crippen LogP contribution in [0.25, 0.3) is 11.4 Å². The van der Waals surface area contributed by atoms with Gasteiger partial charge < -0.3 is 10.2 Å². The number of anilines is 1. The maximum absolute atomic E-state index is 13.6. The predicted molar refractivity (Wildman–Crippen MR) is 140 cm³/mol. The lowest BCUT2D eigenvalue weighted by molar-refractivity contribution is -0.141. The van der Waals surface area contributed by atoms with E-state index in [0.29, 0.717) is 25.3 Å². The van der Waals surface area contributed by atoms with Crippen LogP contribution in [0.2, 0.25) is 5.02 Å². The van der Waals surface area contributed by atoms with Crippen LogP contribution >= 0.6 is 11.6 Å². The van der Waals surface area contributed by atoms with Gasteiger partial charge in [-0.2, -0.15) is 13.2 Å². The first-order chi connectivity index (χ1) is 17.9. The van der Waals surface area contributed by atoms with Crippen LogP contribution in [0.3, 0.4) is 0 Å². The van der Waals surface area contributed by atoms with Gasteiger partial charge in [-0.15, -0.1) is 0 Å². The van der Waals surface area contributed by atoms with Gasteiger partial charge in [-0.1, -0.05) is 18.5 Å². The summed E-state index contributed by atoms with van der Waals surface area (Å²) in [6.45, 7) is 8.29. The number of nitrogens with one attached hydrogen (secondary N) is 1. The predicted octanol–water partition coefficient (Wildman–Crippen LogP) is 6.07. The summed E-state index contributed by atoms with van der Waals surface area (Å²) in [4.78, 5) is 32.1. The molecule has 0 aliphatic carbocycles. The Morgan fingerprint density at radius 2 is 1.95 bits per heavy atom. The molecular weight excluding hydrogens is 517 g/mol. The zero-order chi connectivity index (χ0) is 27.7. The largest absolute Gasteiger partial charge is 0.433 e. The number of aryl methyl sites for hydroxylation is 2. The summed E-state index contributed by atoms with van der Waals surface area (Å²) < 4.78 is 39.8. The first-order valence-corrected chi connectivity index (χ1v) is 12.9. The highest BCUT2D eigenvalue weighted by atomic mass is 35.5. The van der Waals surface area contributed by atoms with E-state index in [1.165, 1.54) is 0 Å². The zero-order valence-electron chi connectivity index (χ0n) is 21.7. The summed E-state index contributed by atoms with van der Waals surface area (Å²) in [6.07, 6.45) is 1.88. The normalized spacial score (nSPS) is 17.9. The van der Waals surface area contributed by atoms with Gasteiger partial charge in [-0.25, -0.2) is 15.0 Å². The Morgan fingerprint density at radius 1 is 1.24 bits per heavy atom. The zero-order valence-corrected chi connectivity index (χ0v) is 22.5. The van der Waals surface area contributed by atoms with Gasteiger partial charge >= 0.3 is 6.18 Å². The smallest absolute Gasteiger partial charge is 0.363 e. The average molecular weight is 547 g/mol. The van der Waals surface area contributed by atoms with Gasteiger partial charge in [0.05, 0.1) is 22.2 Å². The lowest BCUT2D eigenvalue weighted by Gasteiger charge is -2.41. The topological polar surface area (TPSA) is 83.9 Å². The van der Waals surface area contributed by atoms with Crippen molar-refractivity contribution in [2.24, 2.45) is 0 Å². The average Bonchev–Trinajstić information content (AvgIpc) is 2.87. The molecule has 0 saturated carbocycles. The van der Waals surface area contributed by atoms with Gasteiger partial charge in [0, 0.05) is 37.2 Å². The van der Waals surface area contributed by atoms with E-state index in [9.17, 15) is 18.0 Å². The molecule has 0 fully saturated rings. The molecule has 0 radical (unpaired) electrons. The Labute approximate surface area is 224 Å². The molecule has 0 aromatic carbocycles. The van der Waals surface area contributed by atoms with Crippen LogP contribution in [0, 0.1) is 6.92 Å². The Morgan fingerprint density at radius 3 is 2.61 bits per heavy atom. The molecule has 202 valence electrons. The van der Waals surface area contributed by atoms with E-state index in [0.717, 1.165) is 47.7 Å². The van der Waals surface area contributed by atoms with Crippen molar-refractivity contribution >= 4 is 23.3 Å². The van der Waals surface area contributed by atoms with Crippen molar-refractivity contribution < 1.29 is 18.0 Å². The highest BCUT2D eigenvalue weighted by molar-refractivity contribution is 6.31. The van der Waals surface area contributed by atoms with Gasteiger partial charge in [0.1, 0.15) is 11.5 Å². The molecule has 1 N–H and O–H groups in total. The lowest BCUT2D eigenvalue weighted by Crippen LogP contribution is -2.51. The van der Waals surface area contributed by atoms with Gasteiger partial charge in [0.25, 0.3) is 0 Å². The van der Waals surface area contributed by atoms with E-state index in [1.54, 1.807) is 30.3 Å². The fraction of sp³-hybridized carbons (Fsp3) is 0.444. The molecule has 3 aromatic rings. The third kappa shape index (κ3) is 5.90. The minimum atomic E-state index is -4.63. The molecule has 3 aromatic heterocycles. The third-order valence-corrected chi connectivity index (χ3v) is 7.14. The van der Waals surface area contributed by atoms with Crippen LogP contribution in [0.15, 0.2) is 36.8 Å². The molecule has 4 rings (SSSR count). The van der Waals surface area contributed by atoms with Crippen molar-refractivity contribution in [3.8, 4) is 11.4 Å². The van der Waals surface area contributed by atoms with Crippen LogP contribution in [0.5, 0.6) is 0 Å². The number of halogens is 4. The number of aromatic nitrogens is 4. The second kappa shape index (κ2) is 10.8. The van der Waals surface area contributed by atoms with Crippen molar-refractivity contribution in [1.29, 1.82) is 0 Å². The fourth-order valence-electron chi connectivity index (χ4n) is 4.79. The number of hydrogen-bond acceptors (Lipinski definition) is 6. The number of alkyl halides is 3. The Hall–Kier alpha value is -3.27. The minimum absolute atomic E-state index is 0.0316. The van der Waals surface area contributed by atoms with Crippen molar-refractivity contribution in [2.75, 3.05) is 18.4 Å². The second-order valence-corrected chi connectivity index (χ2v) is 10.4. The highest BCUT2D eigenvalue weighted by Gasteiger charge is 2.37. The van der Waals surface area contributed by atoms with Crippen LogP contribution < -0.4 is 5.32 Å². The molecule has 38 heavy (non-hydrogen) atoms. The third-order valence-electron chi connectivity index (χ3n) is 6.82. The monoisotopic (exact) mass is 546 g/mol. The fourth-order valence-corrected chi connectivity index (χ4v) is 5.06. The maximum Gasteiger partial charge on any atom is 0.433 e. The summed E-state index contributed by atoms with van der Waals surface area (Å²) >= 11 is 6.18. The first-order valence-electron chi connectivity index (χ1n) is 12.5. The molecule has 1 aliphatic heterocycles. The van der Waals surface area contributed by atoms with Crippen LogP contribution in [0.1, 0.15) is 62.0 Å². The summed E-state index contributed by atoms with van der Waals surface area (Å²) in [5, 5.41) is 3.56. The first kappa shape index (κ1) is 27.8. The van der Waals surface area contributed by atoms with Crippen molar-refractivity contribution in [2.45, 2.75) is 64.6 Å². The molecule has 11 heteroatoms. The summed E-state index contributed by atoms with van der Waals surface area (Å²) in [7, 11) is 0. The standard InChI is InChI=1S/C27H30ClF3N6O/c1-5-11-37(25(38)16(2)19-13-22(27(29,30)31)34-14-21(19)28)15-26(4)8-7-18-12-20(17(3)35-23(18)36-26)24-32-9-6-10-33-24/h6,9-10,12-14,16H,5,7-8,11,15H2,1-4H3,(H,35,36)/t16-,26+/m0/s1. The summed E-state index contributed by atoms with van der Waals surface area (Å²) in [5.41, 5.74) is 1.26. The highest BCUT2D eigenvalue weighted by Crippen LogP contribution is 2.36. The Bertz CT molecular complexity index is 1320. The molecule has 2 atom stereocenters. The van der Waals surface area contributed by atoms with E-state index in [1.807, 2.05) is 20.8 Å². The molecule has 0 saturated heterocycles. The lowest BCUT2D eigenvalue weighted by atomic mass is 9.87. The number of rotatable bonds is 7. The van der Waals surface area contributed by atoms with E-state index in [2.05, 4.69) is 26.3 Å². The maximum atomic E-state index is 13.6. The number of hydrogen-bond donors (Lipinski definition) is 1. The quantitative estimate of drug-likeness (QED) is 0.387. The number of nitrogens with zero attached hydrogens (tertiary/aromatic N) is 5. The van der Waals surface area contributed by atoms with Gasteiger partial charge in [0.15, 0.2) is 5.82 Å². The summed E-state index contributed by atoms with van der Waals surface area (Å²) in [6, 6.07) is 4.69.